The van der Waals surface area contributed by atoms with E-state index in [2.05, 4.69) is 11.1 Å². The van der Waals surface area contributed by atoms with Crippen molar-refractivity contribution in [2.75, 3.05) is 0 Å². The Morgan fingerprint density at radius 3 is 2.93 bits per heavy atom. The van der Waals surface area contributed by atoms with Gasteiger partial charge in [0.2, 0.25) is 0 Å². The van der Waals surface area contributed by atoms with Crippen molar-refractivity contribution in [3.05, 3.63) is 48.5 Å². The topological polar surface area (TPSA) is 41.6 Å². The molecular formula is C11H9N3. The summed E-state index contributed by atoms with van der Waals surface area (Å²) in [6.07, 6.45) is 5.75. The van der Waals surface area contributed by atoms with E-state index in [-0.39, 0.29) is 0 Å². The Morgan fingerprint density at radius 2 is 2.21 bits per heavy atom. The highest BCUT2D eigenvalue weighted by molar-refractivity contribution is 5.42. The Balaban J connectivity index is 2.48. The molecule has 1 aromatic carbocycles. The summed E-state index contributed by atoms with van der Waals surface area (Å²) in [5, 5.41) is 8.67. The van der Waals surface area contributed by atoms with Gasteiger partial charge in [-0.3, -0.25) is 0 Å². The van der Waals surface area contributed by atoms with E-state index < -0.39 is 0 Å². The van der Waals surface area contributed by atoms with Gasteiger partial charge in [-0.1, -0.05) is 18.2 Å². The van der Waals surface area contributed by atoms with E-state index in [1.165, 1.54) is 0 Å². The molecule has 0 unspecified atom stereocenters. The monoisotopic (exact) mass is 183 g/mol. The zero-order valence-corrected chi connectivity index (χ0v) is 7.59. The number of aromatic nitrogens is 2. The lowest BCUT2D eigenvalue weighted by atomic mass is 10.1. The van der Waals surface area contributed by atoms with Crippen LogP contribution in [0.2, 0.25) is 0 Å². The number of imidazole rings is 1. The molecule has 0 bridgehead atoms. The predicted octanol–water partition coefficient (Wildman–Crippen LogP) is 1.94. The van der Waals surface area contributed by atoms with Crippen LogP contribution < -0.4 is 0 Å². The van der Waals surface area contributed by atoms with Crippen LogP contribution in [-0.4, -0.2) is 9.55 Å². The van der Waals surface area contributed by atoms with Gasteiger partial charge in [0.1, 0.15) is 0 Å². The number of benzene rings is 1. The van der Waals surface area contributed by atoms with Gasteiger partial charge in [-0.25, -0.2) is 4.98 Å². The van der Waals surface area contributed by atoms with Gasteiger partial charge in [0.05, 0.1) is 24.5 Å². The molecule has 0 saturated heterocycles. The first-order valence-corrected chi connectivity index (χ1v) is 4.35. The molecule has 3 heteroatoms. The van der Waals surface area contributed by atoms with Crippen molar-refractivity contribution in [3.63, 3.8) is 0 Å². The maximum Gasteiger partial charge on any atom is 0.0991 e. The Bertz CT molecular complexity index is 452. The molecule has 0 spiro atoms. The van der Waals surface area contributed by atoms with Crippen LogP contribution in [0.25, 0.3) is 5.69 Å². The number of rotatable bonds is 2. The molecule has 2 aromatic rings. The van der Waals surface area contributed by atoms with Gasteiger partial charge in [-0.2, -0.15) is 5.26 Å². The number of nitriles is 1. The van der Waals surface area contributed by atoms with Crippen molar-refractivity contribution >= 4 is 0 Å². The van der Waals surface area contributed by atoms with E-state index in [1.54, 1.807) is 12.5 Å². The summed E-state index contributed by atoms with van der Waals surface area (Å²) in [6.45, 7) is 0. The highest BCUT2D eigenvalue weighted by atomic mass is 15.0. The third-order valence-electron chi connectivity index (χ3n) is 2.04. The van der Waals surface area contributed by atoms with Crippen LogP contribution in [0.3, 0.4) is 0 Å². The number of hydrogen-bond donors (Lipinski definition) is 0. The molecule has 1 aromatic heterocycles. The molecule has 0 aliphatic carbocycles. The largest absolute Gasteiger partial charge is 0.306 e. The molecule has 0 aliphatic heterocycles. The second kappa shape index (κ2) is 3.75. The number of para-hydroxylation sites is 1. The summed E-state index contributed by atoms with van der Waals surface area (Å²) >= 11 is 0. The van der Waals surface area contributed by atoms with E-state index in [1.807, 2.05) is 35.0 Å². The third-order valence-corrected chi connectivity index (χ3v) is 2.04. The zero-order valence-electron chi connectivity index (χ0n) is 7.59. The van der Waals surface area contributed by atoms with Gasteiger partial charge in [0.15, 0.2) is 0 Å². The summed E-state index contributed by atoms with van der Waals surface area (Å²) in [7, 11) is 0. The summed E-state index contributed by atoms with van der Waals surface area (Å²) in [5.74, 6) is 0. The van der Waals surface area contributed by atoms with Crippen LogP contribution in [-0.2, 0) is 6.42 Å². The van der Waals surface area contributed by atoms with Crippen molar-refractivity contribution in [2.45, 2.75) is 6.42 Å². The van der Waals surface area contributed by atoms with Crippen LogP contribution in [0.4, 0.5) is 0 Å². The van der Waals surface area contributed by atoms with Crippen LogP contribution in [0.5, 0.6) is 0 Å². The smallest absolute Gasteiger partial charge is 0.0991 e. The average molecular weight is 183 g/mol. The molecule has 1 heterocycles. The van der Waals surface area contributed by atoms with Gasteiger partial charge >= 0.3 is 0 Å². The Hall–Kier alpha value is -2.08. The van der Waals surface area contributed by atoms with Gasteiger partial charge < -0.3 is 4.57 Å². The second-order valence-corrected chi connectivity index (χ2v) is 2.93. The predicted molar refractivity (Wildman–Crippen MR) is 52.9 cm³/mol. The number of hydrogen-bond acceptors (Lipinski definition) is 2. The third kappa shape index (κ3) is 1.50. The molecule has 14 heavy (non-hydrogen) atoms. The van der Waals surface area contributed by atoms with Gasteiger partial charge in [0, 0.05) is 12.4 Å². The van der Waals surface area contributed by atoms with Gasteiger partial charge in [-0.15, -0.1) is 0 Å². The lowest BCUT2D eigenvalue weighted by Crippen LogP contribution is -1.95. The first-order valence-electron chi connectivity index (χ1n) is 4.35. The standard InChI is InChI=1S/C11H9N3/c12-6-5-10-3-1-2-4-11(10)14-8-7-13-9-14/h1-4,7-9H,5H2. The van der Waals surface area contributed by atoms with Gasteiger partial charge in [0.25, 0.3) is 0 Å². The Kier molecular flexibility index (Phi) is 2.28. The minimum Gasteiger partial charge on any atom is -0.306 e. The molecule has 68 valence electrons. The molecule has 0 N–H and O–H groups in total. The fraction of sp³-hybridized carbons (Fsp3) is 0.0909. The fourth-order valence-electron chi connectivity index (χ4n) is 1.40. The molecular weight excluding hydrogens is 174 g/mol. The minimum atomic E-state index is 0.425. The number of nitrogens with zero attached hydrogens (tertiary/aromatic N) is 3. The molecule has 0 fully saturated rings. The molecule has 2 rings (SSSR count). The Morgan fingerprint density at radius 1 is 1.36 bits per heavy atom. The average Bonchev–Trinajstić information content (AvgIpc) is 2.72. The van der Waals surface area contributed by atoms with Crippen molar-refractivity contribution in [1.29, 1.82) is 5.26 Å². The van der Waals surface area contributed by atoms with E-state index in [4.69, 9.17) is 5.26 Å². The van der Waals surface area contributed by atoms with E-state index in [0.717, 1.165) is 11.3 Å². The highest BCUT2D eigenvalue weighted by Gasteiger charge is 2.01. The maximum atomic E-state index is 8.67. The van der Waals surface area contributed by atoms with Crippen LogP contribution in [0.15, 0.2) is 43.0 Å². The second-order valence-electron chi connectivity index (χ2n) is 2.93. The van der Waals surface area contributed by atoms with Crippen molar-refractivity contribution in [1.82, 2.24) is 9.55 Å². The van der Waals surface area contributed by atoms with E-state index >= 15 is 0 Å². The van der Waals surface area contributed by atoms with E-state index in [0.29, 0.717) is 6.42 Å². The van der Waals surface area contributed by atoms with Crippen LogP contribution >= 0.6 is 0 Å². The lowest BCUT2D eigenvalue weighted by molar-refractivity contribution is 1.03. The summed E-state index contributed by atoms with van der Waals surface area (Å²) in [4.78, 5) is 3.98. The van der Waals surface area contributed by atoms with Crippen molar-refractivity contribution < 1.29 is 0 Å². The Labute approximate surface area is 82.2 Å². The summed E-state index contributed by atoms with van der Waals surface area (Å²) in [5.41, 5.74) is 2.04. The molecule has 3 nitrogen and oxygen atoms in total. The normalized spacial score (nSPS) is 9.64. The first-order chi connectivity index (χ1) is 6.92. The van der Waals surface area contributed by atoms with Crippen LogP contribution in [0.1, 0.15) is 5.56 Å². The van der Waals surface area contributed by atoms with E-state index in [9.17, 15) is 0 Å². The van der Waals surface area contributed by atoms with Crippen molar-refractivity contribution in [2.24, 2.45) is 0 Å². The molecule has 0 amide bonds. The zero-order chi connectivity index (χ0) is 9.80. The summed E-state index contributed by atoms with van der Waals surface area (Å²) in [6, 6.07) is 9.98. The fourth-order valence-corrected chi connectivity index (χ4v) is 1.40. The summed E-state index contributed by atoms with van der Waals surface area (Å²) < 4.78 is 1.91. The first kappa shape index (κ1) is 8.52. The molecule has 0 atom stereocenters. The highest BCUT2D eigenvalue weighted by Crippen LogP contribution is 2.13. The minimum absolute atomic E-state index is 0.425. The molecule has 0 aliphatic rings. The van der Waals surface area contributed by atoms with Crippen molar-refractivity contribution in [3.8, 4) is 11.8 Å². The maximum absolute atomic E-state index is 8.67. The quantitative estimate of drug-likeness (QED) is 0.713. The molecule has 0 saturated carbocycles. The SMILES string of the molecule is N#CCc1ccccc1-n1ccnc1. The van der Waals surface area contributed by atoms with Crippen LogP contribution in [0, 0.1) is 11.3 Å². The lowest BCUT2D eigenvalue weighted by Gasteiger charge is -2.06. The molecule has 0 radical (unpaired) electrons. The van der Waals surface area contributed by atoms with Gasteiger partial charge in [-0.05, 0) is 11.6 Å².